The molecule has 0 aliphatic carbocycles. The number of hydrogen-bond acceptors (Lipinski definition) is 5. The second-order valence-electron chi connectivity index (χ2n) is 7.28. The summed E-state index contributed by atoms with van der Waals surface area (Å²) in [6.45, 7) is 6.70. The molecule has 0 spiro atoms. The van der Waals surface area contributed by atoms with Crippen molar-refractivity contribution in [2.75, 3.05) is 13.2 Å². The maximum absolute atomic E-state index is 12.5. The van der Waals surface area contributed by atoms with Crippen molar-refractivity contribution in [2.45, 2.75) is 33.7 Å². The second-order valence-corrected chi connectivity index (χ2v) is 7.28. The lowest BCUT2D eigenvalue weighted by Gasteiger charge is -2.16. The first kappa shape index (κ1) is 22.1. The van der Waals surface area contributed by atoms with Crippen LogP contribution in [0.2, 0.25) is 0 Å². The zero-order valence-electron chi connectivity index (χ0n) is 18.1. The van der Waals surface area contributed by atoms with E-state index in [1.54, 1.807) is 20.8 Å². The molecule has 0 aliphatic rings. The van der Waals surface area contributed by atoms with Crippen molar-refractivity contribution in [3.05, 3.63) is 70.5 Å². The average Bonchev–Trinajstić information content (AvgIpc) is 3.05. The van der Waals surface area contributed by atoms with E-state index in [0.717, 1.165) is 16.3 Å². The molecule has 2 aromatic carbocycles. The number of hydrogen-bond donors (Lipinski definition) is 2. The van der Waals surface area contributed by atoms with E-state index in [2.05, 4.69) is 10.3 Å². The van der Waals surface area contributed by atoms with Gasteiger partial charge >= 0.3 is 11.9 Å². The molecule has 2 N–H and O–H groups in total. The molecule has 3 rings (SSSR count). The third kappa shape index (κ3) is 4.77. The quantitative estimate of drug-likeness (QED) is 0.561. The third-order valence-electron chi connectivity index (χ3n) is 5.12. The lowest BCUT2D eigenvalue weighted by molar-refractivity contribution is -0.124. The number of aryl methyl sites for hydroxylation is 1. The van der Waals surface area contributed by atoms with Gasteiger partial charge in [0.2, 0.25) is 0 Å². The Bertz CT molecular complexity index is 1130. The molecule has 0 radical (unpaired) electrons. The van der Waals surface area contributed by atoms with E-state index in [9.17, 15) is 14.4 Å². The SMILES string of the molecule is CCOC(=O)c1c(C)[nH]c(C(=O)OCC(=O)NC(C)c2cccc3ccccc23)c1C. The number of H-pyrrole nitrogens is 1. The van der Waals surface area contributed by atoms with Crippen LogP contribution in [0.3, 0.4) is 0 Å². The Balaban J connectivity index is 1.64. The Kier molecular flexibility index (Phi) is 6.74. The minimum atomic E-state index is -0.705. The summed E-state index contributed by atoms with van der Waals surface area (Å²) >= 11 is 0. The Labute approximate surface area is 180 Å². The molecule has 0 saturated carbocycles. The van der Waals surface area contributed by atoms with Crippen LogP contribution in [0.15, 0.2) is 42.5 Å². The number of benzene rings is 2. The molecule has 1 aromatic heterocycles. The minimum Gasteiger partial charge on any atom is -0.462 e. The number of esters is 2. The van der Waals surface area contributed by atoms with Crippen LogP contribution in [-0.2, 0) is 14.3 Å². The van der Waals surface area contributed by atoms with Crippen LogP contribution in [-0.4, -0.2) is 36.0 Å². The summed E-state index contributed by atoms with van der Waals surface area (Å²) < 4.78 is 10.2. The maximum Gasteiger partial charge on any atom is 0.355 e. The van der Waals surface area contributed by atoms with Gasteiger partial charge in [-0.05, 0) is 49.6 Å². The van der Waals surface area contributed by atoms with Crippen molar-refractivity contribution in [3.63, 3.8) is 0 Å². The molecular formula is C24H26N2O5. The molecule has 31 heavy (non-hydrogen) atoms. The van der Waals surface area contributed by atoms with Crippen molar-refractivity contribution in [3.8, 4) is 0 Å². The van der Waals surface area contributed by atoms with Gasteiger partial charge in [-0.1, -0.05) is 42.5 Å². The maximum atomic E-state index is 12.5. The normalized spacial score (nSPS) is 11.7. The van der Waals surface area contributed by atoms with Crippen LogP contribution in [0.1, 0.15) is 57.6 Å². The molecule has 1 heterocycles. The number of carbonyl (C=O) groups excluding carboxylic acids is 3. The van der Waals surface area contributed by atoms with E-state index in [-0.39, 0.29) is 18.3 Å². The fraction of sp³-hybridized carbons (Fsp3) is 0.292. The van der Waals surface area contributed by atoms with Crippen LogP contribution in [0.5, 0.6) is 0 Å². The Hall–Kier alpha value is -3.61. The van der Waals surface area contributed by atoms with Crippen LogP contribution in [0, 0.1) is 13.8 Å². The lowest BCUT2D eigenvalue weighted by Crippen LogP contribution is -2.31. The van der Waals surface area contributed by atoms with Gasteiger partial charge in [-0.2, -0.15) is 0 Å². The van der Waals surface area contributed by atoms with Gasteiger partial charge in [0, 0.05) is 5.69 Å². The number of amides is 1. The summed E-state index contributed by atoms with van der Waals surface area (Å²) in [4.78, 5) is 39.8. The molecule has 1 atom stereocenters. The number of fused-ring (bicyclic) bond motifs is 1. The van der Waals surface area contributed by atoms with Crippen LogP contribution in [0.25, 0.3) is 10.8 Å². The highest BCUT2D eigenvalue weighted by molar-refractivity contribution is 5.99. The minimum absolute atomic E-state index is 0.135. The summed E-state index contributed by atoms with van der Waals surface area (Å²) in [5.74, 6) is -1.63. The number of rotatable bonds is 7. The van der Waals surface area contributed by atoms with E-state index >= 15 is 0 Å². The average molecular weight is 422 g/mol. The highest BCUT2D eigenvalue weighted by Crippen LogP contribution is 2.24. The smallest absolute Gasteiger partial charge is 0.355 e. The Morgan fingerprint density at radius 2 is 1.71 bits per heavy atom. The van der Waals surface area contributed by atoms with E-state index in [1.165, 1.54) is 0 Å². The van der Waals surface area contributed by atoms with E-state index in [4.69, 9.17) is 9.47 Å². The van der Waals surface area contributed by atoms with E-state index in [1.807, 2.05) is 49.4 Å². The number of carbonyl (C=O) groups is 3. The standard InChI is InChI=1S/C24H26N2O5/c1-5-30-23(28)21-14(2)22(26-16(21)4)24(29)31-13-20(27)25-15(3)18-12-8-10-17-9-6-7-11-19(17)18/h6-12,15,26H,5,13H2,1-4H3,(H,25,27). The fourth-order valence-electron chi connectivity index (χ4n) is 3.66. The van der Waals surface area contributed by atoms with E-state index in [0.29, 0.717) is 16.8 Å². The zero-order valence-corrected chi connectivity index (χ0v) is 18.1. The number of aromatic amines is 1. The number of aromatic nitrogens is 1. The molecule has 7 heteroatoms. The predicted molar refractivity (Wildman–Crippen MR) is 117 cm³/mol. The van der Waals surface area contributed by atoms with Crippen molar-refractivity contribution in [2.24, 2.45) is 0 Å². The predicted octanol–water partition coefficient (Wildman–Crippen LogP) is 4.00. The molecule has 7 nitrogen and oxygen atoms in total. The van der Waals surface area contributed by atoms with Gasteiger partial charge in [-0.15, -0.1) is 0 Å². The molecule has 0 aliphatic heterocycles. The summed E-state index contributed by atoms with van der Waals surface area (Å²) in [5.41, 5.74) is 2.37. The first-order valence-corrected chi connectivity index (χ1v) is 10.1. The summed E-state index contributed by atoms with van der Waals surface area (Å²) in [6.07, 6.45) is 0. The first-order valence-electron chi connectivity index (χ1n) is 10.1. The van der Waals surface area contributed by atoms with Gasteiger partial charge in [-0.3, -0.25) is 4.79 Å². The summed E-state index contributed by atoms with van der Waals surface area (Å²) in [6, 6.07) is 13.6. The van der Waals surface area contributed by atoms with Gasteiger partial charge in [0.1, 0.15) is 5.69 Å². The van der Waals surface area contributed by atoms with Crippen LogP contribution >= 0.6 is 0 Å². The van der Waals surface area contributed by atoms with Crippen molar-refractivity contribution in [1.29, 1.82) is 0 Å². The number of nitrogens with one attached hydrogen (secondary N) is 2. The molecule has 0 bridgehead atoms. The monoisotopic (exact) mass is 422 g/mol. The van der Waals surface area contributed by atoms with Gasteiger partial charge < -0.3 is 19.8 Å². The topological polar surface area (TPSA) is 97.5 Å². The van der Waals surface area contributed by atoms with Gasteiger partial charge in [0.05, 0.1) is 18.2 Å². The highest BCUT2D eigenvalue weighted by Gasteiger charge is 2.24. The second kappa shape index (κ2) is 9.47. The molecule has 1 amide bonds. The Morgan fingerprint density at radius 3 is 2.45 bits per heavy atom. The molecule has 0 fully saturated rings. The molecule has 162 valence electrons. The fourth-order valence-corrected chi connectivity index (χ4v) is 3.66. The van der Waals surface area contributed by atoms with E-state index < -0.39 is 24.5 Å². The highest BCUT2D eigenvalue weighted by atomic mass is 16.5. The van der Waals surface area contributed by atoms with Crippen molar-refractivity contribution >= 4 is 28.6 Å². The third-order valence-corrected chi connectivity index (χ3v) is 5.12. The molecule has 1 unspecified atom stereocenters. The van der Waals surface area contributed by atoms with Gasteiger partial charge in [0.15, 0.2) is 6.61 Å². The van der Waals surface area contributed by atoms with Crippen molar-refractivity contribution in [1.82, 2.24) is 10.3 Å². The largest absolute Gasteiger partial charge is 0.462 e. The zero-order chi connectivity index (χ0) is 22.5. The Morgan fingerprint density at radius 1 is 1.00 bits per heavy atom. The van der Waals surface area contributed by atoms with Crippen LogP contribution < -0.4 is 5.32 Å². The molecular weight excluding hydrogens is 396 g/mol. The summed E-state index contributed by atoms with van der Waals surface area (Å²) in [7, 11) is 0. The number of ether oxygens (including phenoxy) is 2. The lowest BCUT2D eigenvalue weighted by atomic mass is 10.00. The molecule has 3 aromatic rings. The first-order chi connectivity index (χ1) is 14.8. The van der Waals surface area contributed by atoms with Crippen molar-refractivity contribution < 1.29 is 23.9 Å². The van der Waals surface area contributed by atoms with Gasteiger partial charge in [-0.25, -0.2) is 9.59 Å². The summed E-state index contributed by atoms with van der Waals surface area (Å²) in [5, 5.41) is 5.00. The molecule has 0 saturated heterocycles. The van der Waals surface area contributed by atoms with Gasteiger partial charge in [0.25, 0.3) is 5.91 Å². The van der Waals surface area contributed by atoms with Crippen LogP contribution in [0.4, 0.5) is 0 Å².